The van der Waals surface area contributed by atoms with Crippen molar-refractivity contribution in [1.29, 1.82) is 0 Å². The Hall–Kier alpha value is -1.26. The molecule has 0 unspecified atom stereocenters. The molecule has 2 amide bonds. The van der Waals surface area contributed by atoms with Crippen LogP contribution in [0.3, 0.4) is 0 Å². The molecule has 0 saturated carbocycles. The molecule has 0 heterocycles. The van der Waals surface area contributed by atoms with E-state index in [9.17, 15) is 9.59 Å². The summed E-state index contributed by atoms with van der Waals surface area (Å²) < 4.78 is 0. The molecule has 0 spiro atoms. The molecule has 5 nitrogen and oxygen atoms in total. The van der Waals surface area contributed by atoms with E-state index in [0.29, 0.717) is 25.9 Å². The second-order valence-electron chi connectivity index (χ2n) is 1.66. The van der Waals surface area contributed by atoms with Gasteiger partial charge >= 0.3 is 6.09 Å². The van der Waals surface area contributed by atoms with Gasteiger partial charge in [0.15, 0.2) is 0 Å². The fraction of sp³-hybridized carbons (Fsp3) is 0.600. The predicted molar refractivity (Wildman–Crippen MR) is 34.7 cm³/mol. The maximum atomic E-state index is 9.83. The third kappa shape index (κ3) is 6.74. The van der Waals surface area contributed by atoms with Crippen molar-refractivity contribution in [2.45, 2.75) is 6.42 Å². The van der Waals surface area contributed by atoms with E-state index in [1.165, 1.54) is 0 Å². The van der Waals surface area contributed by atoms with Crippen molar-refractivity contribution < 1.29 is 14.7 Å². The summed E-state index contributed by atoms with van der Waals surface area (Å²) in [5.41, 5.74) is 0. The maximum Gasteiger partial charge on any atom is 0.404 e. The quantitative estimate of drug-likeness (QED) is 0.357. The Morgan fingerprint density at radius 2 is 2.20 bits per heavy atom. The van der Waals surface area contributed by atoms with E-state index in [4.69, 9.17) is 5.11 Å². The molecule has 0 atom stereocenters. The molecule has 3 N–H and O–H groups in total. The number of carbonyl (C=O) groups is 2. The Morgan fingerprint density at radius 1 is 1.50 bits per heavy atom. The highest BCUT2D eigenvalue weighted by atomic mass is 16.4. The molecule has 0 aromatic heterocycles. The normalized spacial score (nSPS) is 8.40. The van der Waals surface area contributed by atoms with Gasteiger partial charge in [0.05, 0.1) is 0 Å². The highest BCUT2D eigenvalue weighted by molar-refractivity contribution is 5.64. The molecular weight excluding hydrogens is 136 g/mol. The summed E-state index contributed by atoms with van der Waals surface area (Å²) in [5, 5.41) is 12.6. The van der Waals surface area contributed by atoms with Crippen LogP contribution in [0.15, 0.2) is 0 Å². The van der Waals surface area contributed by atoms with Crippen molar-refractivity contribution in [2.24, 2.45) is 0 Å². The molecule has 5 heteroatoms. The van der Waals surface area contributed by atoms with Crippen LogP contribution in [0.25, 0.3) is 0 Å². The van der Waals surface area contributed by atoms with Gasteiger partial charge in [-0.25, -0.2) is 4.79 Å². The van der Waals surface area contributed by atoms with Crippen molar-refractivity contribution in [3.05, 3.63) is 0 Å². The van der Waals surface area contributed by atoms with E-state index in [-0.39, 0.29) is 0 Å². The molecule has 0 radical (unpaired) electrons. The first-order chi connectivity index (χ1) is 4.77. The smallest absolute Gasteiger partial charge is 0.404 e. The number of hydrogen-bond acceptors (Lipinski definition) is 2. The van der Waals surface area contributed by atoms with Crippen molar-refractivity contribution in [2.75, 3.05) is 13.1 Å². The first-order valence-corrected chi connectivity index (χ1v) is 2.91. The Bertz CT molecular complexity index is 115. The van der Waals surface area contributed by atoms with E-state index >= 15 is 0 Å². The topological polar surface area (TPSA) is 78.4 Å². The van der Waals surface area contributed by atoms with Crippen molar-refractivity contribution in [3.63, 3.8) is 0 Å². The van der Waals surface area contributed by atoms with Crippen molar-refractivity contribution in [1.82, 2.24) is 10.6 Å². The summed E-state index contributed by atoms with van der Waals surface area (Å²) in [6.45, 7) is 0.875. The number of carbonyl (C=O) groups excluding carboxylic acids is 1. The van der Waals surface area contributed by atoms with E-state index in [1.807, 2.05) is 0 Å². The lowest BCUT2D eigenvalue weighted by Crippen LogP contribution is -2.25. The van der Waals surface area contributed by atoms with Crippen LogP contribution in [0.4, 0.5) is 4.79 Å². The van der Waals surface area contributed by atoms with Gasteiger partial charge in [0.2, 0.25) is 6.41 Å². The van der Waals surface area contributed by atoms with Gasteiger partial charge in [0, 0.05) is 13.1 Å². The minimum absolute atomic E-state index is 0.371. The summed E-state index contributed by atoms with van der Waals surface area (Å²) in [6, 6.07) is 0. The Balaban J connectivity index is 2.90. The van der Waals surface area contributed by atoms with Gasteiger partial charge in [-0.15, -0.1) is 0 Å². The van der Waals surface area contributed by atoms with E-state index in [1.54, 1.807) is 0 Å². The lowest BCUT2D eigenvalue weighted by molar-refractivity contribution is -0.109. The van der Waals surface area contributed by atoms with Crippen LogP contribution in [0, 0.1) is 0 Å². The number of carboxylic acid groups (broad SMARTS) is 1. The molecule has 0 aromatic carbocycles. The average molecular weight is 146 g/mol. The molecule has 0 aliphatic carbocycles. The molecule has 0 saturated heterocycles. The molecule has 0 fully saturated rings. The van der Waals surface area contributed by atoms with Crippen LogP contribution in [-0.2, 0) is 4.79 Å². The summed E-state index contributed by atoms with van der Waals surface area (Å²) in [4.78, 5) is 19.5. The first-order valence-electron chi connectivity index (χ1n) is 2.91. The summed E-state index contributed by atoms with van der Waals surface area (Å²) >= 11 is 0. The Morgan fingerprint density at radius 3 is 2.70 bits per heavy atom. The number of amides is 2. The van der Waals surface area contributed by atoms with E-state index < -0.39 is 6.09 Å². The molecule has 10 heavy (non-hydrogen) atoms. The van der Waals surface area contributed by atoms with Crippen LogP contribution in [0.5, 0.6) is 0 Å². The highest BCUT2D eigenvalue weighted by Crippen LogP contribution is 1.70. The summed E-state index contributed by atoms with van der Waals surface area (Å²) in [5.74, 6) is 0. The van der Waals surface area contributed by atoms with Crippen LogP contribution in [0.2, 0.25) is 0 Å². The zero-order chi connectivity index (χ0) is 7.82. The number of nitrogens with one attached hydrogen (secondary N) is 2. The third-order valence-electron chi connectivity index (χ3n) is 0.857. The van der Waals surface area contributed by atoms with Crippen LogP contribution in [-0.4, -0.2) is 30.7 Å². The minimum atomic E-state index is -1.04. The first kappa shape index (κ1) is 8.74. The van der Waals surface area contributed by atoms with Gasteiger partial charge in [0.25, 0.3) is 0 Å². The number of hydrogen-bond donors (Lipinski definition) is 3. The zero-order valence-electron chi connectivity index (χ0n) is 5.46. The van der Waals surface area contributed by atoms with Crippen LogP contribution < -0.4 is 10.6 Å². The largest absolute Gasteiger partial charge is 0.465 e. The van der Waals surface area contributed by atoms with Gasteiger partial charge in [0.1, 0.15) is 0 Å². The van der Waals surface area contributed by atoms with Crippen molar-refractivity contribution in [3.8, 4) is 0 Å². The lowest BCUT2D eigenvalue weighted by atomic mass is 10.4. The predicted octanol–water partition coefficient (Wildman–Crippen LogP) is -0.610. The van der Waals surface area contributed by atoms with Gasteiger partial charge in [-0.3, -0.25) is 4.79 Å². The van der Waals surface area contributed by atoms with Crippen molar-refractivity contribution >= 4 is 12.5 Å². The summed E-state index contributed by atoms with van der Waals surface area (Å²) in [6.07, 6.45) is 0.164. The second-order valence-corrected chi connectivity index (χ2v) is 1.66. The molecule has 0 bridgehead atoms. The zero-order valence-corrected chi connectivity index (χ0v) is 5.46. The van der Waals surface area contributed by atoms with Gasteiger partial charge in [-0.2, -0.15) is 0 Å². The van der Waals surface area contributed by atoms with Gasteiger partial charge in [-0.1, -0.05) is 0 Å². The Labute approximate surface area is 58.4 Å². The standard InChI is InChI=1S/C5H10N2O3/c8-4-6-2-1-3-7-5(9)10/h4,7H,1-3H2,(H,6,8)(H,9,10). The monoisotopic (exact) mass is 146 g/mol. The van der Waals surface area contributed by atoms with Gasteiger partial charge < -0.3 is 15.7 Å². The lowest BCUT2D eigenvalue weighted by Gasteiger charge is -1.98. The third-order valence-corrected chi connectivity index (χ3v) is 0.857. The Kier molecular flexibility index (Phi) is 5.13. The second kappa shape index (κ2) is 5.87. The minimum Gasteiger partial charge on any atom is -0.465 e. The molecule has 0 aromatic rings. The summed E-state index contributed by atoms with van der Waals surface area (Å²) in [7, 11) is 0. The molecule has 0 aliphatic heterocycles. The molecular formula is C5H10N2O3. The van der Waals surface area contributed by atoms with Gasteiger partial charge in [-0.05, 0) is 6.42 Å². The number of rotatable bonds is 5. The van der Waals surface area contributed by atoms with Crippen LogP contribution in [0.1, 0.15) is 6.42 Å². The SMILES string of the molecule is O=CNCCCNC(=O)O. The average Bonchev–Trinajstić information content (AvgIpc) is 1.87. The molecule has 0 aliphatic rings. The maximum absolute atomic E-state index is 9.83. The highest BCUT2D eigenvalue weighted by Gasteiger charge is 1.90. The van der Waals surface area contributed by atoms with E-state index in [2.05, 4.69) is 10.6 Å². The fourth-order valence-electron chi connectivity index (χ4n) is 0.445. The molecule has 0 rings (SSSR count). The fourth-order valence-corrected chi connectivity index (χ4v) is 0.445. The van der Waals surface area contributed by atoms with Crippen LogP contribution >= 0.6 is 0 Å². The van der Waals surface area contributed by atoms with E-state index in [0.717, 1.165) is 0 Å². The molecule has 58 valence electrons.